The number of carbonyl (C=O) groups excluding carboxylic acids is 4. The standard InChI is InChI=1S/C35H42N4O7/c1-21-23-11-6-8-14-26(23)46-30(21)32(43)36-24(12-7-9-15-29(41)45-5)31(42)37-25-13-10-18-39(33(25)44)20-28(40)38-27-19-22-16-17-35(27,4)34(22,2)3/h6,8-11,13-15,18,22,24,27H,7,12,16-17,19-20H2,1-5H3,(H,36,43)(H,37,42)(H,38,40)/b15-9+/t22-,24+,27+,35+/m1/s1. The highest BCUT2D eigenvalue weighted by atomic mass is 16.5. The van der Waals surface area contributed by atoms with Crippen LogP contribution >= 0.6 is 0 Å². The normalized spacial score (nSPS) is 22.1. The summed E-state index contributed by atoms with van der Waals surface area (Å²) in [5.41, 5.74) is 0.729. The quantitative estimate of drug-likeness (QED) is 0.209. The van der Waals surface area contributed by atoms with Crippen LogP contribution in [0, 0.1) is 23.7 Å². The van der Waals surface area contributed by atoms with Crippen LogP contribution in [0.1, 0.15) is 69.0 Å². The number of ether oxygens (including phenoxy) is 1. The first-order valence-electron chi connectivity index (χ1n) is 15.7. The molecule has 244 valence electrons. The number of furan rings is 1. The van der Waals surface area contributed by atoms with Crippen molar-refractivity contribution in [2.24, 2.45) is 16.7 Å². The molecule has 0 saturated heterocycles. The third kappa shape index (κ3) is 6.23. The van der Waals surface area contributed by atoms with Crippen molar-refractivity contribution in [3.63, 3.8) is 0 Å². The van der Waals surface area contributed by atoms with Crippen molar-refractivity contribution in [2.75, 3.05) is 12.4 Å². The Morgan fingerprint density at radius 3 is 2.57 bits per heavy atom. The predicted octanol–water partition coefficient (Wildman–Crippen LogP) is 4.48. The third-order valence-corrected chi connectivity index (χ3v) is 10.5. The van der Waals surface area contributed by atoms with Crippen LogP contribution in [-0.2, 0) is 25.7 Å². The summed E-state index contributed by atoms with van der Waals surface area (Å²) in [7, 11) is 1.26. The fourth-order valence-electron chi connectivity index (χ4n) is 7.19. The van der Waals surface area contributed by atoms with Crippen molar-refractivity contribution in [1.29, 1.82) is 0 Å². The number of rotatable bonds is 11. The number of amides is 3. The molecule has 2 aliphatic rings. The van der Waals surface area contributed by atoms with Crippen molar-refractivity contribution in [1.82, 2.24) is 15.2 Å². The number of hydrogen-bond acceptors (Lipinski definition) is 7. The zero-order valence-corrected chi connectivity index (χ0v) is 27.0. The molecule has 2 aliphatic carbocycles. The number of aryl methyl sites for hydroxylation is 1. The number of anilines is 1. The van der Waals surface area contributed by atoms with E-state index in [1.165, 1.54) is 36.1 Å². The summed E-state index contributed by atoms with van der Waals surface area (Å²) in [4.78, 5) is 64.8. The van der Waals surface area contributed by atoms with Gasteiger partial charge in [-0.05, 0) is 74.0 Å². The number of methoxy groups -OCH3 is 1. The highest BCUT2D eigenvalue weighted by Crippen LogP contribution is 2.65. The minimum atomic E-state index is -1.08. The summed E-state index contributed by atoms with van der Waals surface area (Å²) in [5, 5.41) is 9.30. The van der Waals surface area contributed by atoms with Gasteiger partial charge in [0, 0.05) is 29.3 Å². The SMILES string of the molecule is COC(=O)/C=C/CC[C@H](NC(=O)c1oc2ccccc2c1C)C(=O)Nc1cccn(CC(=O)N[C@H]2C[C@H]3CC[C@]2(C)C3(C)C)c1=O. The summed E-state index contributed by atoms with van der Waals surface area (Å²) < 4.78 is 11.6. The maximum Gasteiger partial charge on any atom is 0.330 e. The summed E-state index contributed by atoms with van der Waals surface area (Å²) >= 11 is 0. The molecule has 2 heterocycles. The first kappa shape index (κ1) is 32.7. The fourth-order valence-corrected chi connectivity index (χ4v) is 7.19. The number of fused-ring (bicyclic) bond motifs is 3. The number of pyridine rings is 1. The summed E-state index contributed by atoms with van der Waals surface area (Å²) in [6, 6.07) is 9.22. The Morgan fingerprint density at radius 1 is 1.13 bits per heavy atom. The van der Waals surface area contributed by atoms with Gasteiger partial charge in [-0.1, -0.05) is 45.0 Å². The molecule has 0 aliphatic heterocycles. The number of esters is 1. The van der Waals surface area contributed by atoms with Crippen LogP contribution in [0.3, 0.4) is 0 Å². The number of hydrogen-bond donors (Lipinski definition) is 3. The lowest BCUT2D eigenvalue weighted by Gasteiger charge is -2.39. The van der Waals surface area contributed by atoms with Gasteiger partial charge in [-0.25, -0.2) is 4.79 Å². The van der Waals surface area contributed by atoms with Gasteiger partial charge < -0.3 is 29.7 Å². The molecule has 0 unspecified atom stereocenters. The number of nitrogens with zero attached hydrogens (tertiary/aromatic N) is 1. The molecule has 3 aromatic rings. The van der Waals surface area contributed by atoms with Crippen LogP contribution in [0.2, 0.25) is 0 Å². The van der Waals surface area contributed by atoms with Crippen LogP contribution in [0.25, 0.3) is 11.0 Å². The van der Waals surface area contributed by atoms with Gasteiger partial charge in [0.2, 0.25) is 11.8 Å². The maximum absolute atomic E-state index is 13.5. The van der Waals surface area contributed by atoms with E-state index >= 15 is 0 Å². The summed E-state index contributed by atoms with van der Waals surface area (Å²) in [6.07, 6.45) is 7.80. The first-order chi connectivity index (χ1) is 21.9. The topological polar surface area (TPSA) is 149 Å². The maximum atomic E-state index is 13.5. The average Bonchev–Trinajstić information content (AvgIpc) is 3.55. The van der Waals surface area contributed by atoms with Crippen LogP contribution in [0.5, 0.6) is 0 Å². The molecule has 0 radical (unpaired) electrons. The second-order valence-electron chi connectivity index (χ2n) is 13.2. The molecular formula is C35H42N4O7. The number of aromatic nitrogens is 1. The Kier molecular flexibility index (Phi) is 9.23. The van der Waals surface area contributed by atoms with Gasteiger partial charge in [0.05, 0.1) is 7.11 Å². The van der Waals surface area contributed by atoms with Gasteiger partial charge >= 0.3 is 5.97 Å². The predicted molar refractivity (Wildman–Crippen MR) is 173 cm³/mol. The van der Waals surface area contributed by atoms with Gasteiger partial charge in [0.1, 0.15) is 23.9 Å². The van der Waals surface area contributed by atoms with Crippen LogP contribution in [-0.4, -0.2) is 47.5 Å². The van der Waals surface area contributed by atoms with E-state index in [0.29, 0.717) is 17.1 Å². The molecule has 11 heteroatoms. The second-order valence-corrected chi connectivity index (χ2v) is 13.2. The summed E-state index contributed by atoms with van der Waals surface area (Å²) in [6.45, 7) is 8.36. The van der Waals surface area contributed by atoms with Crippen LogP contribution in [0.15, 0.2) is 64.0 Å². The molecular weight excluding hydrogens is 588 g/mol. The number of para-hydroxylation sites is 1. The molecule has 2 bridgehead atoms. The van der Waals surface area contributed by atoms with E-state index in [1.54, 1.807) is 25.1 Å². The van der Waals surface area contributed by atoms with E-state index in [1.807, 2.05) is 12.1 Å². The van der Waals surface area contributed by atoms with Crippen molar-refractivity contribution in [2.45, 2.75) is 78.4 Å². The largest absolute Gasteiger partial charge is 0.466 e. The lowest BCUT2D eigenvalue weighted by Crippen LogP contribution is -2.48. The molecule has 2 saturated carbocycles. The van der Waals surface area contributed by atoms with Crippen molar-refractivity contribution >= 4 is 40.3 Å². The zero-order chi connectivity index (χ0) is 33.2. The molecule has 2 fully saturated rings. The number of allylic oxidation sites excluding steroid dienone is 1. The van der Waals surface area contributed by atoms with E-state index in [-0.39, 0.29) is 53.6 Å². The minimum Gasteiger partial charge on any atom is -0.466 e. The van der Waals surface area contributed by atoms with E-state index < -0.39 is 29.4 Å². The first-order valence-corrected chi connectivity index (χ1v) is 15.7. The van der Waals surface area contributed by atoms with Crippen LogP contribution < -0.4 is 21.5 Å². The fraction of sp³-hybridized carbons (Fsp3) is 0.457. The Balaban J connectivity index is 1.29. The van der Waals surface area contributed by atoms with Crippen LogP contribution in [0.4, 0.5) is 5.69 Å². The van der Waals surface area contributed by atoms with Crippen molar-refractivity contribution in [3.05, 3.63) is 76.4 Å². The summed E-state index contributed by atoms with van der Waals surface area (Å²) in [5.74, 6) is -1.40. The highest BCUT2D eigenvalue weighted by molar-refractivity contribution is 6.03. The Hall–Kier alpha value is -4.67. The second kappa shape index (κ2) is 13.0. The van der Waals surface area contributed by atoms with E-state index in [9.17, 15) is 24.0 Å². The van der Waals surface area contributed by atoms with Gasteiger partial charge in [0.15, 0.2) is 5.76 Å². The van der Waals surface area contributed by atoms with E-state index in [4.69, 9.17) is 4.42 Å². The smallest absolute Gasteiger partial charge is 0.330 e. The number of nitrogens with one attached hydrogen (secondary N) is 3. The third-order valence-electron chi connectivity index (χ3n) is 10.5. The van der Waals surface area contributed by atoms with Gasteiger partial charge in [-0.3, -0.25) is 19.2 Å². The van der Waals surface area contributed by atoms with Crippen molar-refractivity contribution in [3.8, 4) is 0 Å². The number of benzene rings is 1. The Bertz CT molecular complexity index is 1750. The lowest BCUT2D eigenvalue weighted by molar-refractivity contribution is -0.134. The average molecular weight is 631 g/mol. The molecule has 11 nitrogen and oxygen atoms in total. The minimum absolute atomic E-state index is 0.000507. The number of carbonyl (C=O) groups is 4. The lowest BCUT2D eigenvalue weighted by atomic mass is 9.69. The van der Waals surface area contributed by atoms with E-state index in [2.05, 4.69) is 41.5 Å². The highest BCUT2D eigenvalue weighted by Gasteiger charge is 2.61. The molecule has 1 aromatic carbocycles. The van der Waals surface area contributed by atoms with E-state index in [0.717, 1.165) is 24.6 Å². The zero-order valence-electron chi connectivity index (χ0n) is 27.0. The Labute approximate surface area is 267 Å². The molecule has 3 N–H and O–H groups in total. The van der Waals surface area contributed by atoms with Gasteiger partial charge in [-0.15, -0.1) is 0 Å². The van der Waals surface area contributed by atoms with Gasteiger partial charge in [-0.2, -0.15) is 0 Å². The Morgan fingerprint density at radius 2 is 1.89 bits per heavy atom. The molecule has 2 aromatic heterocycles. The molecule has 0 spiro atoms. The molecule has 3 amide bonds. The van der Waals surface area contributed by atoms with Crippen molar-refractivity contribution < 1.29 is 28.3 Å². The van der Waals surface area contributed by atoms with Gasteiger partial charge in [0.25, 0.3) is 11.5 Å². The molecule has 46 heavy (non-hydrogen) atoms. The molecule has 5 rings (SSSR count). The molecule has 4 atom stereocenters. The monoisotopic (exact) mass is 630 g/mol.